The summed E-state index contributed by atoms with van der Waals surface area (Å²) in [6.07, 6.45) is 7.97. The van der Waals surface area contributed by atoms with Gasteiger partial charge in [0.15, 0.2) is 5.78 Å². The van der Waals surface area contributed by atoms with E-state index in [1.165, 1.54) is 44.3 Å². The van der Waals surface area contributed by atoms with Crippen molar-refractivity contribution >= 4 is 27.3 Å². The fourth-order valence-corrected chi connectivity index (χ4v) is 6.01. The van der Waals surface area contributed by atoms with Gasteiger partial charge in [0.1, 0.15) is 0 Å². The topological polar surface area (TPSA) is 50.2 Å². The molecule has 0 saturated carbocycles. The van der Waals surface area contributed by atoms with E-state index in [0.717, 1.165) is 43.4 Å². The Bertz CT molecular complexity index is 1570. The van der Waals surface area contributed by atoms with Gasteiger partial charge in [0, 0.05) is 44.2 Å². The van der Waals surface area contributed by atoms with E-state index in [1.807, 2.05) is 33.9 Å². The molecule has 1 radical (unpaired) electrons. The summed E-state index contributed by atoms with van der Waals surface area (Å²) in [6, 6.07) is 21.8. The molecule has 1 N–H and O–H groups in total. The van der Waals surface area contributed by atoms with Crippen LogP contribution in [-0.2, 0) is 31.3 Å². The fraction of sp³-hybridized carbons (Fsp3) is 0.476. The Kier molecular flexibility index (Phi) is 15.8. The van der Waals surface area contributed by atoms with Crippen molar-refractivity contribution in [3.8, 4) is 11.3 Å². The van der Waals surface area contributed by atoms with Gasteiger partial charge in [0.25, 0.3) is 0 Å². The Morgan fingerprint density at radius 1 is 0.783 bits per heavy atom. The zero-order valence-electron chi connectivity index (χ0n) is 29.8. The molecule has 1 aromatic heterocycles. The summed E-state index contributed by atoms with van der Waals surface area (Å²) >= 11 is 0. The number of pyridine rings is 1. The van der Waals surface area contributed by atoms with Crippen molar-refractivity contribution in [1.29, 1.82) is 0 Å². The van der Waals surface area contributed by atoms with Crippen LogP contribution in [0.2, 0.25) is 0 Å². The molecule has 0 amide bonds. The summed E-state index contributed by atoms with van der Waals surface area (Å²) in [5.74, 6) is 2.12. The molecular weight excluding hydrogens is 743 g/mol. The number of aliphatic hydroxyl groups is 1. The standard InChI is InChI=1S/C29H32N.C13H24O2.Ir/c1-18(2)13-21-7-8-22-9-10-27-26(28(22)14-21)11-12-30-29(27)25-16-23(19(3)4)15-24(17-25)20(5)6;1-5-10(6-2)12(14)9-13(15)11(7-3)8-4;/h7-12,14-16,18-20H,13H2,1-6H3;9-11,14H,5-8H2,1-4H3;/q-1;;/b;12-9-;. The van der Waals surface area contributed by atoms with Gasteiger partial charge in [-0.2, -0.15) is 0 Å². The van der Waals surface area contributed by atoms with Gasteiger partial charge in [0.2, 0.25) is 0 Å². The van der Waals surface area contributed by atoms with E-state index in [-0.39, 0.29) is 43.5 Å². The van der Waals surface area contributed by atoms with Gasteiger partial charge in [-0.3, -0.25) is 4.79 Å². The number of allylic oxidation sites excluding steroid dienone is 2. The van der Waals surface area contributed by atoms with Crippen LogP contribution < -0.4 is 0 Å². The van der Waals surface area contributed by atoms with E-state index >= 15 is 0 Å². The number of nitrogens with zero attached hydrogens (tertiary/aromatic N) is 1. The Morgan fingerprint density at radius 3 is 1.98 bits per heavy atom. The van der Waals surface area contributed by atoms with Crippen molar-refractivity contribution in [2.24, 2.45) is 17.8 Å². The first-order valence-electron chi connectivity index (χ1n) is 17.3. The molecule has 0 unspecified atom stereocenters. The minimum atomic E-state index is 0. The number of rotatable bonds is 12. The summed E-state index contributed by atoms with van der Waals surface area (Å²) in [5, 5.41) is 14.8. The van der Waals surface area contributed by atoms with Gasteiger partial charge in [-0.1, -0.05) is 99.6 Å². The third kappa shape index (κ3) is 10.1. The third-order valence-corrected chi connectivity index (χ3v) is 9.01. The Balaban J connectivity index is 0.000000394. The van der Waals surface area contributed by atoms with Crippen molar-refractivity contribution in [2.75, 3.05) is 0 Å². The monoisotopic (exact) mass is 799 g/mol. The number of fused-ring (bicyclic) bond motifs is 3. The predicted octanol–water partition coefficient (Wildman–Crippen LogP) is 12.2. The van der Waals surface area contributed by atoms with Crippen molar-refractivity contribution in [3.63, 3.8) is 0 Å². The first kappa shape index (κ1) is 39.4. The van der Waals surface area contributed by atoms with Crippen LogP contribution >= 0.6 is 0 Å². The minimum Gasteiger partial charge on any atom is -0.512 e. The largest absolute Gasteiger partial charge is 0.512 e. The molecule has 3 aromatic carbocycles. The van der Waals surface area contributed by atoms with Crippen molar-refractivity contribution < 1.29 is 30.0 Å². The SMILES string of the molecule is CC(C)Cc1ccc2ccc3c(-c4[c-]c(C(C)C)cc(C(C)C)c4)nccc3c2c1.CCC(CC)C(=O)/C=C(\O)C(CC)CC.[Ir]. The number of aromatic nitrogens is 1. The molecule has 3 nitrogen and oxygen atoms in total. The van der Waals surface area contributed by atoms with Crippen LogP contribution in [0.15, 0.2) is 66.6 Å². The zero-order chi connectivity index (χ0) is 33.3. The molecule has 0 saturated heterocycles. The maximum absolute atomic E-state index is 11.7. The number of aliphatic hydroxyl groups excluding tert-OH is 1. The normalized spacial score (nSPS) is 11.9. The second kappa shape index (κ2) is 18.5. The van der Waals surface area contributed by atoms with Crippen molar-refractivity contribution in [2.45, 2.75) is 113 Å². The Hall–Kier alpha value is -2.81. The summed E-state index contributed by atoms with van der Waals surface area (Å²) in [7, 11) is 0. The second-order valence-electron chi connectivity index (χ2n) is 13.6. The summed E-state index contributed by atoms with van der Waals surface area (Å²) in [6.45, 7) is 21.6. The van der Waals surface area contributed by atoms with Crippen LogP contribution in [0.4, 0.5) is 0 Å². The van der Waals surface area contributed by atoms with Gasteiger partial charge in [-0.15, -0.1) is 34.9 Å². The fourth-order valence-electron chi connectivity index (χ4n) is 6.01. The number of hydrogen-bond donors (Lipinski definition) is 1. The van der Waals surface area contributed by atoms with Crippen molar-refractivity contribution in [3.05, 3.63) is 89.3 Å². The van der Waals surface area contributed by atoms with Crippen LogP contribution in [0.25, 0.3) is 32.8 Å². The molecule has 46 heavy (non-hydrogen) atoms. The molecule has 4 aromatic rings. The number of carbonyl (C=O) groups is 1. The van der Waals surface area contributed by atoms with Crippen molar-refractivity contribution in [1.82, 2.24) is 4.98 Å². The van der Waals surface area contributed by atoms with Gasteiger partial charge in [-0.25, -0.2) is 0 Å². The average Bonchev–Trinajstić information content (AvgIpc) is 3.01. The molecule has 251 valence electrons. The smallest absolute Gasteiger partial charge is 0.162 e. The number of hydrogen-bond acceptors (Lipinski definition) is 3. The van der Waals surface area contributed by atoms with E-state index in [2.05, 4.69) is 96.1 Å². The minimum absolute atomic E-state index is 0. The van der Waals surface area contributed by atoms with Crippen LogP contribution in [0.1, 0.15) is 123 Å². The maximum Gasteiger partial charge on any atom is 0.162 e. The molecule has 1 heterocycles. The predicted molar refractivity (Wildman–Crippen MR) is 194 cm³/mol. The van der Waals surface area contributed by atoms with Crippen LogP contribution in [0.5, 0.6) is 0 Å². The van der Waals surface area contributed by atoms with E-state index in [9.17, 15) is 9.90 Å². The molecule has 0 aliphatic carbocycles. The van der Waals surface area contributed by atoms with Gasteiger partial charge < -0.3 is 10.1 Å². The second-order valence-corrected chi connectivity index (χ2v) is 13.6. The first-order valence-corrected chi connectivity index (χ1v) is 17.3. The Labute approximate surface area is 292 Å². The Morgan fingerprint density at radius 2 is 1.41 bits per heavy atom. The number of benzene rings is 3. The van der Waals surface area contributed by atoms with E-state index in [4.69, 9.17) is 4.98 Å². The molecule has 0 aliphatic heterocycles. The quantitative estimate of drug-likeness (QED) is 0.0672. The molecule has 0 atom stereocenters. The molecule has 4 rings (SSSR count). The van der Waals surface area contributed by atoms with Crippen LogP contribution in [0, 0.1) is 23.8 Å². The number of ketones is 1. The molecule has 0 aliphatic rings. The maximum atomic E-state index is 11.7. The average molecular weight is 799 g/mol. The summed E-state index contributed by atoms with van der Waals surface area (Å²) in [5.41, 5.74) is 6.15. The summed E-state index contributed by atoms with van der Waals surface area (Å²) in [4.78, 5) is 16.5. The first-order chi connectivity index (χ1) is 21.4. The van der Waals surface area contributed by atoms with E-state index < -0.39 is 0 Å². The summed E-state index contributed by atoms with van der Waals surface area (Å²) < 4.78 is 0. The molecule has 0 fully saturated rings. The van der Waals surface area contributed by atoms with Gasteiger partial charge >= 0.3 is 0 Å². The van der Waals surface area contributed by atoms with E-state index in [1.54, 1.807) is 0 Å². The van der Waals surface area contributed by atoms with E-state index in [0.29, 0.717) is 17.8 Å². The molecule has 0 bridgehead atoms. The molecule has 0 spiro atoms. The molecular formula is C42H56IrNO2-. The third-order valence-electron chi connectivity index (χ3n) is 9.01. The molecule has 4 heteroatoms. The number of carbonyl (C=O) groups excluding carboxylic acids is 1. The van der Waals surface area contributed by atoms with Gasteiger partial charge in [-0.05, 0) is 88.7 Å². The zero-order valence-corrected chi connectivity index (χ0v) is 32.2. The van der Waals surface area contributed by atoms with Crippen LogP contribution in [-0.4, -0.2) is 15.9 Å². The van der Waals surface area contributed by atoms with Gasteiger partial charge in [0.05, 0.1) is 5.76 Å². The van der Waals surface area contributed by atoms with Crippen LogP contribution in [0.3, 0.4) is 0 Å².